The minimum Gasteiger partial charge on any atom is -0.378 e. The fraction of sp³-hybridized carbons (Fsp3) is 0.412. The molecule has 1 aromatic heterocycles. The SMILES string of the molecule is CCn1c(=O)c(C(=O)N2CCOCC2)nn(-c2ccc(C)c(F)c2)c1=O. The summed E-state index contributed by atoms with van der Waals surface area (Å²) in [7, 11) is 0. The number of halogens is 1. The molecule has 1 aliphatic rings. The molecule has 2 aromatic rings. The van der Waals surface area contributed by atoms with E-state index in [9.17, 15) is 18.8 Å². The van der Waals surface area contributed by atoms with Crippen LogP contribution < -0.4 is 11.2 Å². The average molecular weight is 362 g/mol. The summed E-state index contributed by atoms with van der Waals surface area (Å²) in [5.74, 6) is -1.08. The monoisotopic (exact) mass is 362 g/mol. The molecular formula is C17H19FN4O4. The van der Waals surface area contributed by atoms with Gasteiger partial charge in [0.15, 0.2) is 0 Å². The fourth-order valence-electron chi connectivity index (χ4n) is 2.73. The number of nitrogens with zero attached hydrogens (tertiary/aromatic N) is 4. The third-order valence-corrected chi connectivity index (χ3v) is 4.28. The maximum absolute atomic E-state index is 13.9. The largest absolute Gasteiger partial charge is 0.378 e. The van der Waals surface area contributed by atoms with Gasteiger partial charge in [-0.15, -0.1) is 0 Å². The first-order valence-electron chi connectivity index (χ1n) is 8.31. The number of amides is 1. The predicted molar refractivity (Wildman–Crippen MR) is 91.2 cm³/mol. The van der Waals surface area contributed by atoms with E-state index in [0.29, 0.717) is 31.9 Å². The van der Waals surface area contributed by atoms with Crippen LogP contribution in [0, 0.1) is 12.7 Å². The summed E-state index contributed by atoms with van der Waals surface area (Å²) in [4.78, 5) is 39.3. The summed E-state index contributed by atoms with van der Waals surface area (Å²) in [5.41, 5.74) is -1.28. The number of hydrogen-bond donors (Lipinski definition) is 0. The van der Waals surface area contributed by atoms with Crippen molar-refractivity contribution in [2.75, 3.05) is 26.3 Å². The molecule has 0 radical (unpaired) electrons. The van der Waals surface area contributed by atoms with E-state index in [-0.39, 0.29) is 17.9 Å². The number of hydrogen-bond acceptors (Lipinski definition) is 5. The van der Waals surface area contributed by atoms with Crippen molar-refractivity contribution in [2.45, 2.75) is 20.4 Å². The molecular weight excluding hydrogens is 343 g/mol. The van der Waals surface area contributed by atoms with Gasteiger partial charge in [0.25, 0.3) is 11.5 Å². The van der Waals surface area contributed by atoms with E-state index in [1.807, 2.05) is 0 Å². The highest BCUT2D eigenvalue weighted by Gasteiger charge is 2.25. The molecule has 0 aliphatic carbocycles. The molecule has 0 atom stereocenters. The molecule has 0 spiro atoms. The van der Waals surface area contributed by atoms with Gasteiger partial charge in [0.2, 0.25) is 5.69 Å². The van der Waals surface area contributed by atoms with Gasteiger partial charge in [0.1, 0.15) is 5.82 Å². The average Bonchev–Trinajstić information content (AvgIpc) is 2.65. The van der Waals surface area contributed by atoms with Crippen LogP contribution in [0.25, 0.3) is 5.69 Å². The van der Waals surface area contributed by atoms with Crippen LogP contribution in [0.15, 0.2) is 27.8 Å². The predicted octanol–water partition coefficient (Wildman–Crippen LogP) is 0.334. The first-order chi connectivity index (χ1) is 12.4. The zero-order valence-corrected chi connectivity index (χ0v) is 14.6. The minimum absolute atomic E-state index is 0.0674. The number of morpholine rings is 1. The molecule has 1 amide bonds. The maximum Gasteiger partial charge on any atom is 0.352 e. The third kappa shape index (κ3) is 3.17. The molecule has 3 rings (SSSR count). The lowest BCUT2D eigenvalue weighted by molar-refractivity contribution is 0.0295. The van der Waals surface area contributed by atoms with Gasteiger partial charge in [-0.2, -0.15) is 9.78 Å². The van der Waals surface area contributed by atoms with E-state index in [4.69, 9.17) is 4.74 Å². The van der Waals surface area contributed by atoms with Gasteiger partial charge >= 0.3 is 5.69 Å². The highest BCUT2D eigenvalue weighted by Crippen LogP contribution is 2.11. The molecule has 1 saturated heterocycles. The molecule has 0 saturated carbocycles. The summed E-state index contributed by atoms with van der Waals surface area (Å²) in [6.45, 7) is 4.70. The molecule has 1 fully saturated rings. The van der Waals surface area contributed by atoms with Crippen molar-refractivity contribution in [1.29, 1.82) is 0 Å². The summed E-state index contributed by atoms with van der Waals surface area (Å²) >= 11 is 0. The Bertz CT molecular complexity index is 960. The van der Waals surface area contributed by atoms with Crippen LogP contribution in [0.2, 0.25) is 0 Å². The Kier molecular flexibility index (Phi) is 4.99. The van der Waals surface area contributed by atoms with Gasteiger partial charge in [0.05, 0.1) is 18.9 Å². The number of benzene rings is 1. The van der Waals surface area contributed by atoms with Crippen molar-refractivity contribution in [3.8, 4) is 5.69 Å². The quantitative estimate of drug-likeness (QED) is 0.786. The van der Waals surface area contributed by atoms with Crippen LogP contribution in [0.4, 0.5) is 4.39 Å². The van der Waals surface area contributed by atoms with E-state index < -0.39 is 23.0 Å². The van der Waals surface area contributed by atoms with Crippen molar-refractivity contribution in [3.63, 3.8) is 0 Å². The smallest absolute Gasteiger partial charge is 0.352 e. The molecule has 1 aromatic carbocycles. The second-order valence-corrected chi connectivity index (χ2v) is 5.93. The first-order valence-corrected chi connectivity index (χ1v) is 8.31. The first kappa shape index (κ1) is 18.0. The van der Waals surface area contributed by atoms with Crippen LogP contribution >= 0.6 is 0 Å². The molecule has 9 heteroatoms. The molecule has 2 heterocycles. The Morgan fingerprint density at radius 2 is 1.96 bits per heavy atom. The normalized spacial score (nSPS) is 14.5. The summed E-state index contributed by atoms with van der Waals surface area (Å²) in [5, 5.41) is 3.97. The van der Waals surface area contributed by atoms with E-state index in [1.54, 1.807) is 13.8 Å². The van der Waals surface area contributed by atoms with Crippen LogP contribution in [-0.4, -0.2) is 51.5 Å². The van der Waals surface area contributed by atoms with Crippen molar-refractivity contribution >= 4 is 5.91 Å². The number of aryl methyl sites for hydroxylation is 1. The Morgan fingerprint density at radius 3 is 2.58 bits per heavy atom. The van der Waals surface area contributed by atoms with E-state index in [2.05, 4.69) is 5.10 Å². The number of carbonyl (C=O) groups is 1. The lowest BCUT2D eigenvalue weighted by Gasteiger charge is -2.26. The van der Waals surface area contributed by atoms with Crippen molar-refractivity contribution in [2.24, 2.45) is 0 Å². The zero-order chi connectivity index (χ0) is 18.8. The van der Waals surface area contributed by atoms with Crippen molar-refractivity contribution in [1.82, 2.24) is 19.2 Å². The van der Waals surface area contributed by atoms with Crippen molar-refractivity contribution < 1.29 is 13.9 Å². The van der Waals surface area contributed by atoms with Crippen LogP contribution in [0.3, 0.4) is 0 Å². The fourth-order valence-corrected chi connectivity index (χ4v) is 2.73. The highest BCUT2D eigenvalue weighted by atomic mass is 19.1. The maximum atomic E-state index is 13.9. The Morgan fingerprint density at radius 1 is 1.27 bits per heavy atom. The van der Waals surface area contributed by atoms with Crippen LogP contribution in [-0.2, 0) is 11.3 Å². The van der Waals surface area contributed by atoms with Gasteiger partial charge in [0, 0.05) is 25.7 Å². The molecule has 1 aliphatic heterocycles. The van der Waals surface area contributed by atoms with Gasteiger partial charge in [-0.25, -0.2) is 9.18 Å². The number of ether oxygens (including phenoxy) is 1. The topological polar surface area (TPSA) is 86.4 Å². The molecule has 138 valence electrons. The second-order valence-electron chi connectivity index (χ2n) is 5.93. The highest BCUT2D eigenvalue weighted by molar-refractivity contribution is 5.91. The Labute approximate surface area is 148 Å². The summed E-state index contributed by atoms with van der Waals surface area (Å²) < 4.78 is 20.9. The molecule has 26 heavy (non-hydrogen) atoms. The zero-order valence-electron chi connectivity index (χ0n) is 14.6. The van der Waals surface area contributed by atoms with E-state index >= 15 is 0 Å². The Hall–Kier alpha value is -2.81. The lowest BCUT2D eigenvalue weighted by atomic mass is 10.2. The van der Waals surface area contributed by atoms with E-state index in [0.717, 1.165) is 15.3 Å². The van der Waals surface area contributed by atoms with Gasteiger partial charge in [-0.05, 0) is 25.5 Å². The number of aromatic nitrogens is 3. The second kappa shape index (κ2) is 7.20. The Balaban J connectivity index is 2.16. The van der Waals surface area contributed by atoms with Crippen molar-refractivity contribution in [3.05, 3.63) is 56.1 Å². The summed E-state index contributed by atoms with van der Waals surface area (Å²) in [6, 6.07) is 4.17. The van der Waals surface area contributed by atoms with Gasteiger partial charge in [-0.1, -0.05) is 6.07 Å². The molecule has 0 N–H and O–H groups in total. The number of rotatable bonds is 3. The molecule has 0 unspecified atom stereocenters. The van der Waals surface area contributed by atoms with Crippen LogP contribution in [0.5, 0.6) is 0 Å². The standard InChI is InChI=1S/C17H19FN4O4/c1-3-21-16(24)14(15(23)20-6-8-26-9-7-20)19-22(17(21)25)12-5-4-11(2)13(18)10-12/h4-5,10H,3,6-9H2,1-2H3. The molecule has 8 nitrogen and oxygen atoms in total. The van der Waals surface area contributed by atoms with Crippen LogP contribution in [0.1, 0.15) is 23.0 Å². The third-order valence-electron chi connectivity index (χ3n) is 4.28. The molecule has 0 bridgehead atoms. The van der Waals surface area contributed by atoms with Gasteiger partial charge < -0.3 is 9.64 Å². The van der Waals surface area contributed by atoms with E-state index in [1.165, 1.54) is 17.0 Å². The lowest BCUT2D eigenvalue weighted by Crippen LogP contribution is -2.48. The minimum atomic E-state index is -0.752. The number of carbonyl (C=O) groups excluding carboxylic acids is 1. The summed E-state index contributed by atoms with van der Waals surface area (Å²) in [6.07, 6.45) is 0. The van der Waals surface area contributed by atoms with Gasteiger partial charge in [-0.3, -0.25) is 14.2 Å².